The summed E-state index contributed by atoms with van der Waals surface area (Å²) >= 11 is 0. The predicted molar refractivity (Wildman–Crippen MR) is 64.6 cm³/mol. The van der Waals surface area contributed by atoms with E-state index in [1.54, 1.807) is 14.2 Å². The van der Waals surface area contributed by atoms with Crippen molar-refractivity contribution in [1.29, 1.82) is 0 Å². The Labute approximate surface area is 101 Å². The second-order valence-electron chi connectivity index (χ2n) is 3.78. The van der Waals surface area contributed by atoms with Gasteiger partial charge < -0.3 is 14.2 Å². The standard InChI is InChI=1S/C13H18O4/c1-9(8-17-10(2)14)13-11(15-3)6-5-7-12(13)16-4/h5-7,9H,8H2,1-4H3. The SMILES string of the molecule is COc1cccc(OC)c1C(C)COC(C)=O. The zero-order valence-electron chi connectivity index (χ0n) is 10.6. The van der Waals surface area contributed by atoms with Crippen LogP contribution in [0.3, 0.4) is 0 Å². The molecule has 0 spiro atoms. The fourth-order valence-electron chi connectivity index (χ4n) is 1.69. The molecule has 1 aromatic rings. The number of rotatable bonds is 5. The van der Waals surface area contributed by atoms with Gasteiger partial charge in [-0.15, -0.1) is 0 Å². The number of benzene rings is 1. The van der Waals surface area contributed by atoms with E-state index in [0.717, 1.165) is 17.1 Å². The van der Waals surface area contributed by atoms with Crippen LogP contribution in [0.15, 0.2) is 18.2 Å². The first kappa shape index (κ1) is 13.4. The molecular weight excluding hydrogens is 220 g/mol. The van der Waals surface area contributed by atoms with Crippen molar-refractivity contribution in [3.63, 3.8) is 0 Å². The van der Waals surface area contributed by atoms with Gasteiger partial charge in [0.15, 0.2) is 0 Å². The largest absolute Gasteiger partial charge is 0.496 e. The summed E-state index contributed by atoms with van der Waals surface area (Å²) in [5, 5.41) is 0. The van der Waals surface area contributed by atoms with Crippen molar-refractivity contribution in [3.05, 3.63) is 23.8 Å². The fourth-order valence-corrected chi connectivity index (χ4v) is 1.69. The molecule has 1 rings (SSSR count). The van der Waals surface area contributed by atoms with Crippen LogP contribution in [-0.4, -0.2) is 26.8 Å². The van der Waals surface area contributed by atoms with Gasteiger partial charge in [-0.05, 0) is 12.1 Å². The normalized spacial score (nSPS) is 11.8. The van der Waals surface area contributed by atoms with Gasteiger partial charge in [-0.25, -0.2) is 0 Å². The van der Waals surface area contributed by atoms with Gasteiger partial charge >= 0.3 is 5.97 Å². The van der Waals surface area contributed by atoms with Gasteiger partial charge in [0.05, 0.1) is 20.8 Å². The molecule has 0 aliphatic heterocycles. The lowest BCUT2D eigenvalue weighted by atomic mass is 9.99. The van der Waals surface area contributed by atoms with Crippen LogP contribution in [0.2, 0.25) is 0 Å². The van der Waals surface area contributed by atoms with E-state index in [0.29, 0.717) is 6.61 Å². The van der Waals surface area contributed by atoms with E-state index < -0.39 is 0 Å². The van der Waals surface area contributed by atoms with Crippen molar-refractivity contribution >= 4 is 5.97 Å². The minimum atomic E-state index is -0.286. The van der Waals surface area contributed by atoms with Crippen LogP contribution in [0.5, 0.6) is 11.5 Å². The Bertz CT molecular complexity index is 365. The third-order valence-electron chi connectivity index (χ3n) is 2.50. The van der Waals surface area contributed by atoms with Crippen molar-refractivity contribution in [3.8, 4) is 11.5 Å². The highest BCUT2D eigenvalue weighted by Crippen LogP contribution is 2.35. The molecule has 0 aliphatic rings. The number of ether oxygens (including phenoxy) is 3. The van der Waals surface area contributed by atoms with Gasteiger partial charge in [0, 0.05) is 18.4 Å². The number of carbonyl (C=O) groups excluding carboxylic acids is 1. The van der Waals surface area contributed by atoms with E-state index in [4.69, 9.17) is 14.2 Å². The van der Waals surface area contributed by atoms with Crippen LogP contribution in [0.25, 0.3) is 0 Å². The Kier molecular flexibility index (Phi) is 4.82. The number of carbonyl (C=O) groups is 1. The molecule has 4 heteroatoms. The third-order valence-corrected chi connectivity index (χ3v) is 2.50. The minimum Gasteiger partial charge on any atom is -0.496 e. The van der Waals surface area contributed by atoms with Crippen LogP contribution in [0.1, 0.15) is 25.3 Å². The lowest BCUT2D eigenvalue weighted by Gasteiger charge is -2.18. The van der Waals surface area contributed by atoms with Gasteiger partial charge in [-0.1, -0.05) is 13.0 Å². The minimum absolute atomic E-state index is 0.0185. The quantitative estimate of drug-likeness (QED) is 0.739. The summed E-state index contributed by atoms with van der Waals surface area (Å²) in [6.45, 7) is 3.67. The summed E-state index contributed by atoms with van der Waals surface area (Å²) in [7, 11) is 3.22. The molecule has 94 valence electrons. The Hall–Kier alpha value is -1.71. The Morgan fingerprint density at radius 2 is 1.76 bits per heavy atom. The second kappa shape index (κ2) is 6.13. The van der Waals surface area contributed by atoms with Crippen molar-refractivity contribution in [2.75, 3.05) is 20.8 Å². The molecule has 1 atom stereocenters. The maximum absolute atomic E-state index is 10.8. The zero-order chi connectivity index (χ0) is 12.8. The first-order valence-corrected chi connectivity index (χ1v) is 5.44. The molecule has 4 nitrogen and oxygen atoms in total. The number of methoxy groups -OCH3 is 2. The maximum Gasteiger partial charge on any atom is 0.302 e. The van der Waals surface area contributed by atoms with Gasteiger partial charge in [-0.3, -0.25) is 4.79 Å². The van der Waals surface area contributed by atoms with E-state index in [1.807, 2.05) is 25.1 Å². The summed E-state index contributed by atoms with van der Waals surface area (Å²) < 4.78 is 15.6. The Balaban J connectivity index is 2.96. The Morgan fingerprint density at radius 1 is 1.24 bits per heavy atom. The molecule has 0 bridgehead atoms. The smallest absolute Gasteiger partial charge is 0.302 e. The molecule has 0 N–H and O–H groups in total. The highest BCUT2D eigenvalue weighted by molar-refractivity contribution is 5.66. The molecular formula is C13H18O4. The molecule has 0 aliphatic carbocycles. The molecule has 0 heterocycles. The fraction of sp³-hybridized carbons (Fsp3) is 0.462. The average Bonchev–Trinajstić information content (AvgIpc) is 2.34. The molecule has 0 aromatic heterocycles. The predicted octanol–water partition coefficient (Wildman–Crippen LogP) is 2.37. The molecule has 0 radical (unpaired) electrons. The topological polar surface area (TPSA) is 44.8 Å². The molecule has 0 fully saturated rings. The van der Waals surface area contributed by atoms with E-state index in [1.165, 1.54) is 6.92 Å². The van der Waals surface area contributed by atoms with Gasteiger partial charge in [-0.2, -0.15) is 0 Å². The summed E-state index contributed by atoms with van der Waals surface area (Å²) in [6.07, 6.45) is 0. The van der Waals surface area contributed by atoms with Crippen LogP contribution < -0.4 is 9.47 Å². The molecule has 17 heavy (non-hydrogen) atoms. The van der Waals surface area contributed by atoms with Gasteiger partial charge in [0.1, 0.15) is 11.5 Å². The lowest BCUT2D eigenvalue weighted by molar-refractivity contribution is -0.141. The van der Waals surface area contributed by atoms with Crippen molar-refractivity contribution in [2.45, 2.75) is 19.8 Å². The average molecular weight is 238 g/mol. The van der Waals surface area contributed by atoms with E-state index in [9.17, 15) is 4.79 Å². The monoisotopic (exact) mass is 238 g/mol. The van der Waals surface area contributed by atoms with Crippen LogP contribution in [0, 0.1) is 0 Å². The molecule has 0 saturated heterocycles. The summed E-state index contributed by atoms with van der Waals surface area (Å²) in [5.74, 6) is 1.21. The Morgan fingerprint density at radius 3 is 2.18 bits per heavy atom. The number of hydrogen-bond donors (Lipinski definition) is 0. The third kappa shape index (κ3) is 3.37. The van der Waals surface area contributed by atoms with Crippen LogP contribution >= 0.6 is 0 Å². The van der Waals surface area contributed by atoms with Crippen molar-refractivity contribution in [1.82, 2.24) is 0 Å². The van der Waals surface area contributed by atoms with Crippen LogP contribution in [0.4, 0.5) is 0 Å². The summed E-state index contributed by atoms with van der Waals surface area (Å²) in [5.41, 5.74) is 0.916. The first-order chi connectivity index (χ1) is 8.10. The maximum atomic E-state index is 10.8. The molecule has 1 unspecified atom stereocenters. The van der Waals surface area contributed by atoms with E-state index in [2.05, 4.69) is 0 Å². The second-order valence-corrected chi connectivity index (χ2v) is 3.78. The summed E-state index contributed by atoms with van der Waals surface area (Å²) in [4.78, 5) is 10.8. The highest BCUT2D eigenvalue weighted by atomic mass is 16.5. The number of hydrogen-bond acceptors (Lipinski definition) is 4. The van der Waals surface area contributed by atoms with Crippen molar-refractivity contribution < 1.29 is 19.0 Å². The van der Waals surface area contributed by atoms with E-state index in [-0.39, 0.29) is 11.9 Å². The molecule has 1 aromatic carbocycles. The molecule has 0 saturated carbocycles. The summed E-state index contributed by atoms with van der Waals surface area (Å²) in [6, 6.07) is 5.59. The highest BCUT2D eigenvalue weighted by Gasteiger charge is 2.17. The number of esters is 1. The zero-order valence-corrected chi connectivity index (χ0v) is 10.6. The van der Waals surface area contributed by atoms with Gasteiger partial charge in [0.2, 0.25) is 0 Å². The first-order valence-electron chi connectivity index (χ1n) is 5.44. The van der Waals surface area contributed by atoms with Crippen molar-refractivity contribution in [2.24, 2.45) is 0 Å². The van der Waals surface area contributed by atoms with Gasteiger partial charge in [0.25, 0.3) is 0 Å². The van der Waals surface area contributed by atoms with E-state index >= 15 is 0 Å². The lowest BCUT2D eigenvalue weighted by Crippen LogP contribution is -2.10. The molecule has 0 amide bonds. The van der Waals surface area contributed by atoms with Crippen LogP contribution in [-0.2, 0) is 9.53 Å².